The van der Waals surface area contributed by atoms with Gasteiger partial charge >= 0.3 is 0 Å². The summed E-state index contributed by atoms with van der Waals surface area (Å²) in [4.78, 5) is 0. The van der Waals surface area contributed by atoms with E-state index in [1.54, 1.807) is 6.07 Å². The van der Waals surface area contributed by atoms with Crippen LogP contribution in [0, 0.1) is 11.2 Å². The number of benzene rings is 1. The molecule has 1 aromatic rings. The first-order chi connectivity index (χ1) is 8.35. The first-order valence-electron chi connectivity index (χ1n) is 6.18. The van der Waals surface area contributed by atoms with E-state index >= 15 is 0 Å². The van der Waals surface area contributed by atoms with Gasteiger partial charge in [0.15, 0.2) is 0 Å². The maximum Gasteiger partial charge on any atom is 0.131 e. The van der Waals surface area contributed by atoms with Gasteiger partial charge in [0.2, 0.25) is 0 Å². The zero-order chi connectivity index (χ0) is 13.8. The molecule has 3 N–H and O–H groups in total. The molecule has 0 amide bonds. The highest BCUT2D eigenvalue weighted by Crippen LogP contribution is 2.23. The second-order valence-electron chi connectivity index (χ2n) is 5.45. The van der Waals surface area contributed by atoms with Crippen molar-refractivity contribution in [1.29, 1.82) is 0 Å². The number of phenolic OH excluding ortho intramolecular Hbond substituents is 1. The highest BCUT2D eigenvalue weighted by atomic mass is 19.1. The average Bonchev–Trinajstić information content (AvgIpc) is 2.26. The van der Waals surface area contributed by atoms with E-state index in [4.69, 9.17) is 10.2 Å². The molecular weight excluding hydrogens is 233 g/mol. The minimum Gasteiger partial charge on any atom is -0.508 e. The standard InChI is InChI=1S/C14H22FNO2/c1-10(16-9-14(2,3)6-7-17)12-5-4-11(18)8-13(12)15/h4-5,8,10,16-18H,6-7,9H2,1-3H3. The van der Waals surface area contributed by atoms with Crippen molar-refractivity contribution in [3.05, 3.63) is 29.6 Å². The first kappa shape index (κ1) is 14.9. The van der Waals surface area contributed by atoms with Crippen LogP contribution < -0.4 is 5.32 Å². The summed E-state index contributed by atoms with van der Waals surface area (Å²) < 4.78 is 13.6. The number of halogens is 1. The van der Waals surface area contributed by atoms with Gasteiger partial charge in [0.1, 0.15) is 11.6 Å². The van der Waals surface area contributed by atoms with Crippen LogP contribution in [-0.4, -0.2) is 23.4 Å². The first-order valence-corrected chi connectivity index (χ1v) is 6.18. The number of aliphatic hydroxyl groups excluding tert-OH is 1. The Morgan fingerprint density at radius 3 is 2.61 bits per heavy atom. The topological polar surface area (TPSA) is 52.5 Å². The van der Waals surface area contributed by atoms with E-state index in [0.717, 1.165) is 6.07 Å². The molecule has 0 aliphatic heterocycles. The second kappa shape index (κ2) is 6.16. The molecule has 0 saturated heterocycles. The fourth-order valence-corrected chi connectivity index (χ4v) is 1.80. The zero-order valence-corrected chi connectivity index (χ0v) is 11.2. The summed E-state index contributed by atoms with van der Waals surface area (Å²) in [7, 11) is 0. The molecule has 0 aliphatic carbocycles. The molecule has 4 heteroatoms. The van der Waals surface area contributed by atoms with Crippen molar-refractivity contribution in [2.45, 2.75) is 33.2 Å². The summed E-state index contributed by atoms with van der Waals surface area (Å²) in [6.45, 7) is 6.82. The third-order valence-electron chi connectivity index (χ3n) is 3.13. The Bertz CT molecular complexity index is 393. The van der Waals surface area contributed by atoms with Crippen molar-refractivity contribution in [2.24, 2.45) is 5.41 Å². The van der Waals surface area contributed by atoms with E-state index < -0.39 is 5.82 Å². The molecule has 0 heterocycles. The quantitative estimate of drug-likeness (QED) is 0.732. The number of hydrogen-bond acceptors (Lipinski definition) is 3. The van der Waals surface area contributed by atoms with Crippen molar-refractivity contribution in [3.8, 4) is 5.75 Å². The van der Waals surface area contributed by atoms with Crippen LogP contribution in [0.15, 0.2) is 18.2 Å². The van der Waals surface area contributed by atoms with Gasteiger partial charge in [-0.3, -0.25) is 0 Å². The lowest BCUT2D eigenvalue weighted by molar-refractivity contribution is 0.203. The Morgan fingerprint density at radius 2 is 2.06 bits per heavy atom. The van der Waals surface area contributed by atoms with Crippen LogP contribution in [-0.2, 0) is 0 Å². The zero-order valence-electron chi connectivity index (χ0n) is 11.2. The van der Waals surface area contributed by atoms with Gasteiger partial charge in [0.25, 0.3) is 0 Å². The van der Waals surface area contributed by atoms with Crippen LogP contribution in [0.2, 0.25) is 0 Å². The Morgan fingerprint density at radius 1 is 1.39 bits per heavy atom. The monoisotopic (exact) mass is 255 g/mol. The number of aliphatic hydroxyl groups is 1. The molecule has 1 atom stereocenters. The van der Waals surface area contributed by atoms with Crippen molar-refractivity contribution < 1.29 is 14.6 Å². The number of aromatic hydroxyl groups is 1. The molecule has 18 heavy (non-hydrogen) atoms. The van der Waals surface area contributed by atoms with E-state index in [2.05, 4.69) is 19.2 Å². The fraction of sp³-hybridized carbons (Fsp3) is 0.571. The number of phenols is 1. The lowest BCUT2D eigenvalue weighted by Gasteiger charge is -2.26. The Hall–Kier alpha value is -1.13. The molecule has 102 valence electrons. The molecule has 0 aromatic heterocycles. The maximum atomic E-state index is 13.6. The fourth-order valence-electron chi connectivity index (χ4n) is 1.80. The molecule has 0 radical (unpaired) electrons. The predicted octanol–water partition coefficient (Wildman–Crippen LogP) is 2.59. The van der Waals surface area contributed by atoms with Gasteiger partial charge in [0.05, 0.1) is 0 Å². The predicted molar refractivity (Wildman–Crippen MR) is 70.0 cm³/mol. The van der Waals surface area contributed by atoms with E-state index in [1.807, 2.05) is 6.92 Å². The molecular formula is C14H22FNO2. The van der Waals surface area contributed by atoms with Crippen molar-refractivity contribution in [3.63, 3.8) is 0 Å². The van der Waals surface area contributed by atoms with Crippen LogP contribution in [0.4, 0.5) is 4.39 Å². The highest BCUT2D eigenvalue weighted by molar-refractivity contribution is 5.29. The largest absolute Gasteiger partial charge is 0.508 e. The number of rotatable bonds is 6. The maximum absolute atomic E-state index is 13.6. The SMILES string of the molecule is CC(NCC(C)(C)CCO)c1ccc(O)cc1F. The summed E-state index contributed by atoms with van der Waals surface area (Å²) in [5, 5.41) is 21.4. The number of nitrogens with one attached hydrogen (secondary N) is 1. The van der Waals surface area contributed by atoms with Gasteiger partial charge < -0.3 is 15.5 Å². The molecule has 3 nitrogen and oxygen atoms in total. The van der Waals surface area contributed by atoms with Crippen LogP contribution in [0.3, 0.4) is 0 Å². The normalized spacial score (nSPS) is 13.6. The third kappa shape index (κ3) is 4.27. The van der Waals surface area contributed by atoms with Gasteiger partial charge in [-0.15, -0.1) is 0 Å². The Kier molecular flexibility index (Phi) is 5.11. The molecule has 0 bridgehead atoms. The Balaban J connectivity index is 2.63. The van der Waals surface area contributed by atoms with Crippen LogP contribution in [0.25, 0.3) is 0 Å². The molecule has 1 rings (SSSR count). The van der Waals surface area contributed by atoms with E-state index in [-0.39, 0.29) is 23.8 Å². The van der Waals surface area contributed by atoms with Crippen LogP contribution in [0.5, 0.6) is 5.75 Å². The summed E-state index contributed by atoms with van der Waals surface area (Å²) in [5.41, 5.74) is 0.503. The molecule has 0 saturated carbocycles. The summed E-state index contributed by atoms with van der Waals surface area (Å²) >= 11 is 0. The molecule has 0 spiro atoms. The van der Waals surface area contributed by atoms with Gasteiger partial charge in [-0.2, -0.15) is 0 Å². The summed E-state index contributed by atoms with van der Waals surface area (Å²) in [6, 6.07) is 4.05. The molecule has 1 unspecified atom stereocenters. The Labute approximate surface area is 108 Å². The van der Waals surface area contributed by atoms with Crippen molar-refractivity contribution in [2.75, 3.05) is 13.2 Å². The molecule has 0 fully saturated rings. The lowest BCUT2D eigenvalue weighted by Crippen LogP contribution is -2.32. The van der Waals surface area contributed by atoms with Crippen LogP contribution >= 0.6 is 0 Å². The minimum absolute atomic E-state index is 0.0313. The summed E-state index contributed by atoms with van der Waals surface area (Å²) in [5.74, 6) is -0.473. The van der Waals surface area contributed by atoms with Crippen LogP contribution in [0.1, 0.15) is 38.8 Å². The van der Waals surface area contributed by atoms with Crippen molar-refractivity contribution >= 4 is 0 Å². The smallest absolute Gasteiger partial charge is 0.131 e. The van der Waals surface area contributed by atoms with Gasteiger partial charge in [-0.25, -0.2) is 4.39 Å². The summed E-state index contributed by atoms with van der Waals surface area (Å²) in [6.07, 6.45) is 0.699. The number of hydrogen-bond donors (Lipinski definition) is 3. The van der Waals surface area contributed by atoms with E-state index in [0.29, 0.717) is 18.5 Å². The average molecular weight is 255 g/mol. The molecule has 0 aliphatic rings. The van der Waals surface area contributed by atoms with E-state index in [9.17, 15) is 4.39 Å². The minimum atomic E-state index is -0.407. The second-order valence-corrected chi connectivity index (χ2v) is 5.45. The third-order valence-corrected chi connectivity index (χ3v) is 3.13. The van der Waals surface area contributed by atoms with Gasteiger partial charge in [-0.1, -0.05) is 19.9 Å². The van der Waals surface area contributed by atoms with E-state index in [1.165, 1.54) is 6.07 Å². The van der Waals surface area contributed by atoms with Crippen molar-refractivity contribution in [1.82, 2.24) is 5.32 Å². The van der Waals surface area contributed by atoms with Gasteiger partial charge in [0, 0.05) is 30.8 Å². The highest BCUT2D eigenvalue weighted by Gasteiger charge is 2.19. The molecule has 1 aromatic carbocycles. The lowest BCUT2D eigenvalue weighted by atomic mass is 9.89. The van der Waals surface area contributed by atoms with Gasteiger partial charge in [-0.05, 0) is 24.8 Å².